The van der Waals surface area contributed by atoms with Crippen molar-refractivity contribution in [3.05, 3.63) is 22.4 Å². The van der Waals surface area contributed by atoms with Crippen LogP contribution < -0.4 is 5.32 Å². The van der Waals surface area contributed by atoms with Crippen LogP contribution in [0.5, 0.6) is 0 Å². The summed E-state index contributed by atoms with van der Waals surface area (Å²) in [6.45, 7) is 0.650. The minimum absolute atomic E-state index is 0.0672. The Balaban J connectivity index is 1.51. The molecule has 0 radical (unpaired) electrons. The average Bonchev–Trinajstić information content (AvgIpc) is 3.19. The van der Waals surface area contributed by atoms with Gasteiger partial charge in [-0.3, -0.25) is 4.79 Å². The molecule has 1 aliphatic rings. The highest BCUT2D eigenvalue weighted by Gasteiger charge is 2.18. The lowest BCUT2D eigenvalue weighted by Crippen LogP contribution is -2.33. The second-order valence-electron chi connectivity index (χ2n) is 5.04. The van der Waals surface area contributed by atoms with Crippen molar-refractivity contribution in [1.29, 1.82) is 0 Å². The summed E-state index contributed by atoms with van der Waals surface area (Å²) in [5.74, 6) is 0.430. The Kier molecular flexibility index (Phi) is 4.87. The standard InChI is InChI=1S/C13H17N5OS2/c19-12(14-10-4-1-2-5-10)9-21-13-15-16-17-18(13)8-11-6-3-7-20-11/h3,6-7,10H,1-2,4-5,8-9H2,(H,14,19). The van der Waals surface area contributed by atoms with Gasteiger partial charge in [0.2, 0.25) is 11.1 Å². The number of thioether (sulfide) groups is 1. The SMILES string of the molecule is O=C(CSc1nnnn1Cc1cccs1)NC1CCCC1. The van der Waals surface area contributed by atoms with Gasteiger partial charge >= 0.3 is 0 Å². The van der Waals surface area contributed by atoms with E-state index in [0.717, 1.165) is 12.8 Å². The van der Waals surface area contributed by atoms with Crippen LogP contribution in [0.4, 0.5) is 0 Å². The Hall–Kier alpha value is -1.41. The Morgan fingerprint density at radius 1 is 1.48 bits per heavy atom. The van der Waals surface area contributed by atoms with Crippen LogP contribution in [0.25, 0.3) is 0 Å². The number of hydrogen-bond donors (Lipinski definition) is 1. The van der Waals surface area contributed by atoms with Crippen LogP contribution in [0.3, 0.4) is 0 Å². The first kappa shape index (κ1) is 14.5. The molecule has 1 N–H and O–H groups in total. The molecule has 0 spiro atoms. The number of tetrazole rings is 1. The Labute approximate surface area is 131 Å². The molecular weight excluding hydrogens is 306 g/mol. The highest BCUT2D eigenvalue weighted by molar-refractivity contribution is 7.99. The number of nitrogens with one attached hydrogen (secondary N) is 1. The molecule has 1 aliphatic carbocycles. The molecule has 0 aromatic carbocycles. The first-order chi connectivity index (χ1) is 10.3. The lowest BCUT2D eigenvalue weighted by Gasteiger charge is -2.11. The molecule has 1 fully saturated rings. The van der Waals surface area contributed by atoms with E-state index in [1.54, 1.807) is 16.0 Å². The van der Waals surface area contributed by atoms with Crippen molar-refractivity contribution in [2.24, 2.45) is 0 Å². The second kappa shape index (κ2) is 7.04. The normalized spacial score (nSPS) is 15.4. The van der Waals surface area contributed by atoms with Crippen LogP contribution in [0.15, 0.2) is 22.7 Å². The fourth-order valence-electron chi connectivity index (χ4n) is 2.42. The molecule has 0 saturated heterocycles. The Morgan fingerprint density at radius 2 is 2.33 bits per heavy atom. The van der Waals surface area contributed by atoms with Gasteiger partial charge in [-0.2, -0.15) is 0 Å². The van der Waals surface area contributed by atoms with Gasteiger partial charge in [0.1, 0.15) is 0 Å². The first-order valence-corrected chi connectivity index (χ1v) is 8.88. The van der Waals surface area contributed by atoms with Gasteiger partial charge in [0.15, 0.2) is 0 Å². The Bertz CT molecular complexity index is 577. The lowest BCUT2D eigenvalue weighted by molar-refractivity contribution is -0.119. The predicted octanol–water partition coefficient (Wildman–Crippen LogP) is 1.93. The van der Waals surface area contributed by atoms with E-state index in [1.807, 2.05) is 17.5 Å². The maximum absolute atomic E-state index is 11.9. The van der Waals surface area contributed by atoms with Gasteiger partial charge in [0.25, 0.3) is 0 Å². The van der Waals surface area contributed by atoms with Gasteiger partial charge in [-0.15, -0.1) is 16.4 Å². The molecule has 0 aliphatic heterocycles. The molecule has 8 heteroatoms. The second-order valence-corrected chi connectivity index (χ2v) is 7.01. The highest BCUT2D eigenvalue weighted by atomic mass is 32.2. The van der Waals surface area contributed by atoms with Crippen LogP contribution in [0, 0.1) is 0 Å². The van der Waals surface area contributed by atoms with Crippen molar-refractivity contribution in [3.8, 4) is 0 Å². The van der Waals surface area contributed by atoms with E-state index in [-0.39, 0.29) is 5.91 Å². The molecule has 0 unspecified atom stereocenters. The number of thiophene rings is 1. The monoisotopic (exact) mass is 323 g/mol. The van der Waals surface area contributed by atoms with E-state index in [4.69, 9.17) is 0 Å². The van der Waals surface area contributed by atoms with Crippen LogP contribution >= 0.6 is 23.1 Å². The van der Waals surface area contributed by atoms with Crippen molar-refractivity contribution in [1.82, 2.24) is 25.5 Å². The predicted molar refractivity (Wildman–Crippen MR) is 82.4 cm³/mol. The number of hydrogen-bond acceptors (Lipinski definition) is 6. The van der Waals surface area contributed by atoms with E-state index >= 15 is 0 Å². The minimum Gasteiger partial charge on any atom is -0.353 e. The molecule has 1 saturated carbocycles. The summed E-state index contributed by atoms with van der Waals surface area (Å²) >= 11 is 3.06. The summed E-state index contributed by atoms with van der Waals surface area (Å²) in [6.07, 6.45) is 4.65. The average molecular weight is 323 g/mol. The lowest BCUT2D eigenvalue weighted by atomic mass is 10.2. The molecule has 2 aromatic heterocycles. The fraction of sp³-hybridized carbons (Fsp3) is 0.538. The third kappa shape index (κ3) is 4.04. The zero-order chi connectivity index (χ0) is 14.5. The van der Waals surface area contributed by atoms with Gasteiger partial charge in [-0.1, -0.05) is 30.7 Å². The molecule has 0 atom stereocenters. The zero-order valence-electron chi connectivity index (χ0n) is 11.6. The minimum atomic E-state index is 0.0672. The van der Waals surface area contributed by atoms with E-state index in [1.165, 1.54) is 29.5 Å². The van der Waals surface area contributed by atoms with E-state index < -0.39 is 0 Å². The summed E-state index contributed by atoms with van der Waals surface area (Å²) in [5.41, 5.74) is 0. The smallest absolute Gasteiger partial charge is 0.230 e. The first-order valence-electron chi connectivity index (χ1n) is 7.02. The number of carbonyl (C=O) groups excluding carboxylic acids is 1. The molecule has 1 amide bonds. The maximum atomic E-state index is 11.9. The van der Waals surface area contributed by atoms with Crippen molar-refractivity contribution < 1.29 is 4.79 Å². The van der Waals surface area contributed by atoms with E-state index in [9.17, 15) is 4.79 Å². The van der Waals surface area contributed by atoms with Gasteiger partial charge in [0, 0.05) is 10.9 Å². The zero-order valence-corrected chi connectivity index (χ0v) is 13.2. The number of nitrogens with zero attached hydrogens (tertiary/aromatic N) is 4. The van der Waals surface area contributed by atoms with Crippen LogP contribution in [-0.2, 0) is 11.3 Å². The van der Waals surface area contributed by atoms with Crippen LogP contribution in [0.2, 0.25) is 0 Å². The molecule has 112 valence electrons. The largest absolute Gasteiger partial charge is 0.353 e. The number of carbonyl (C=O) groups is 1. The quantitative estimate of drug-likeness (QED) is 0.823. The molecule has 2 heterocycles. The van der Waals surface area contributed by atoms with Gasteiger partial charge in [0.05, 0.1) is 12.3 Å². The maximum Gasteiger partial charge on any atom is 0.230 e. The number of rotatable bonds is 6. The van der Waals surface area contributed by atoms with Gasteiger partial charge < -0.3 is 5.32 Å². The van der Waals surface area contributed by atoms with Crippen molar-refractivity contribution in [3.63, 3.8) is 0 Å². The topological polar surface area (TPSA) is 72.7 Å². The van der Waals surface area contributed by atoms with Crippen molar-refractivity contribution in [2.75, 3.05) is 5.75 Å². The molecule has 6 nitrogen and oxygen atoms in total. The van der Waals surface area contributed by atoms with Crippen LogP contribution in [-0.4, -0.2) is 37.9 Å². The summed E-state index contributed by atoms with van der Waals surface area (Å²) in [7, 11) is 0. The summed E-state index contributed by atoms with van der Waals surface area (Å²) in [4.78, 5) is 13.1. The molecule has 0 bridgehead atoms. The van der Waals surface area contributed by atoms with Crippen LogP contribution in [0.1, 0.15) is 30.6 Å². The third-order valence-electron chi connectivity index (χ3n) is 3.44. The van der Waals surface area contributed by atoms with E-state index in [2.05, 4.69) is 20.8 Å². The van der Waals surface area contributed by atoms with E-state index in [0.29, 0.717) is 23.5 Å². The summed E-state index contributed by atoms with van der Waals surface area (Å²) in [5, 5.41) is 17.5. The molecular formula is C13H17N5OS2. The number of amides is 1. The summed E-state index contributed by atoms with van der Waals surface area (Å²) < 4.78 is 1.74. The summed E-state index contributed by atoms with van der Waals surface area (Å²) in [6, 6.07) is 4.42. The highest BCUT2D eigenvalue weighted by Crippen LogP contribution is 2.19. The Morgan fingerprint density at radius 3 is 3.10 bits per heavy atom. The van der Waals surface area contributed by atoms with Crippen molar-refractivity contribution >= 4 is 29.0 Å². The third-order valence-corrected chi connectivity index (χ3v) is 5.26. The van der Waals surface area contributed by atoms with Gasteiger partial charge in [-0.05, 0) is 34.7 Å². The fourth-order valence-corrected chi connectivity index (χ4v) is 3.79. The molecule has 2 aromatic rings. The molecule has 3 rings (SSSR count). The number of aromatic nitrogens is 4. The van der Waals surface area contributed by atoms with Crippen molar-refractivity contribution in [2.45, 2.75) is 43.4 Å². The van der Waals surface area contributed by atoms with Gasteiger partial charge in [-0.25, -0.2) is 4.68 Å². The molecule has 21 heavy (non-hydrogen) atoms.